The number of ketones is 1. The Morgan fingerprint density at radius 1 is 1.04 bits per heavy atom. The van der Waals surface area contributed by atoms with Crippen molar-refractivity contribution in [3.63, 3.8) is 0 Å². The molecule has 0 aliphatic heterocycles. The molecule has 0 aliphatic rings. The minimum absolute atomic E-state index is 0.00694. The molecule has 28 heavy (non-hydrogen) atoms. The molecule has 1 N–H and O–H groups in total. The predicted octanol–water partition coefficient (Wildman–Crippen LogP) is 6.09. The van der Waals surface area contributed by atoms with Crippen LogP contribution in [0.2, 0.25) is 0 Å². The summed E-state index contributed by atoms with van der Waals surface area (Å²) in [6.07, 6.45) is 6.78. The van der Waals surface area contributed by atoms with Gasteiger partial charge in [-0.05, 0) is 56.0 Å². The molecule has 0 unspecified atom stereocenters. The number of aromatic nitrogens is 1. The second-order valence-electron chi connectivity index (χ2n) is 7.59. The Hall–Kier alpha value is -2.44. The van der Waals surface area contributed by atoms with Crippen molar-refractivity contribution in [1.82, 2.24) is 4.98 Å². The summed E-state index contributed by atoms with van der Waals surface area (Å²) in [6, 6.07) is 13.2. The molecular weight excluding hydrogens is 346 g/mol. The normalized spacial score (nSPS) is 9.89. The standard InChI is InChI=1S/C9H8.C7H7NO.C7H16O.C2H6/c1-3-9-6-4-5-8(2)7-9;1-6(9)7-4-2-3-5-8-7;1-6(2,3)7(4,5)8;1-2/h1,4-7H,2H3;2-5H,1H3;8H,1-5H3;1-2H3. The number of hydrogen-bond acceptors (Lipinski definition) is 3. The number of benzene rings is 1. The fraction of sp³-hybridized carbons (Fsp3) is 0.440. The Morgan fingerprint density at radius 2 is 1.57 bits per heavy atom. The molecule has 1 aromatic heterocycles. The summed E-state index contributed by atoms with van der Waals surface area (Å²) < 4.78 is 0. The van der Waals surface area contributed by atoms with Crippen LogP contribution in [-0.4, -0.2) is 21.5 Å². The first kappa shape index (κ1) is 27.8. The molecular formula is C25H37NO2. The molecule has 1 heterocycles. The summed E-state index contributed by atoms with van der Waals surface area (Å²) in [5.41, 5.74) is 2.12. The second-order valence-corrected chi connectivity index (χ2v) is 7.59. The number of hydrogen-bond donors (Lipinski definition) is 1. The molecule has 0 bridgehead atoms. The highest BCUT2D eigenvalue weighted by atomic mass is 16.3. The Morgan fingerprint density at radius 3 is 1.82 bits per heavy atom. The Labute approximate surface area is 172 Å². The highest BCUT2D eigenvalue weighted by molar-refractivity contribution is 5.91. The quantitative estimate of drug-likeness (QED) is 0.479. The van der Waals surface area contributed by atoms with Crippen molar-refractivity contribution in [2.75, 3.05) is 0 Å². The average molecular weight is 384 g/mol. The molecule has 2 rings (SSSR count). The van der Waals surface area contributed by atoms with Crippen molar-refractivity contribution >= 4 is 5.78 Å². The van der Waals surface area contributed by atoms with E-state index >= 15 is 0 Å². The maximum atomic E-state index is 10.6. The van der Waals surface area contributed by atoms with Crippen LogP contribution in [0.1, 0.15) is 77.0 Å². The third-order valence-corrected chi connectivity index (χ3v) is 4.05. The van der Waals surface area contributed by atoms with Gasteiger partial charge in [-0.15, -0.1) is 6.42 Å². The van der Waals surface area contributed by atoms with Crippen LogP contribution in [0, 0.1) is 24.7 Å². The van der Waals surface area contributed by atoms with E-state index in [0.29, 0.717) is 5.69 Å². The number of terminal acetylenes is 1. The third kappa shape index (κ3) is 12.8. The van der Waals surface area contributed by atoms with E-state index in [4.69, 9.17) is 6.42 Å². The number of carbonyl (C=O) groups is 1. The number of nitrogens with zero attached hydrogens (tertiary/aromatic N) is 1. The van der Waals surface area contributed by atoms with Gasteiger partial charge in [0.15, 0.2) is 5.78 Å². The first-order chi connectivity index (χ1) is 12.9. The van der Waals surface area contributed by atoms with Crippen molar-refractivity contribution in [3.05, 3.63) is 65.5 Å². The number of carbonyl (C=O) groups excluding carboxylic acids is 1. The zero-order chi connectivity index (χ0) is 22.4. The summed E-state index contributed by atoms with van der Waals surface area (Å²) >= 11 is 0. The van der Waals surface area contributed by atoms with Crippen LogP contribution < -0.4 is 0 Å². The highest BCUT2D eigenvalue weighted by Crippen LogP contribution is 2.28. The van der Waals surface area contributed by atoms with Crippen LogP contribution in [0.3, 0.4) is 0 Å². The zero-order valence-corrected chi connectivity index (χ0v) is 19.0. The Kier molecular flexibility index (Phi) is 13.6. The van der Waals surface area contributed by atoms with E-state index in [0.717, 1.165) is 5.56 Å². The van der Waals surface area contributed by atoms with Crippen LogP contribution in [0.4, 0.5) is 0 Å². The predicted molar refractivity (Wildman–Crippen MR) is 120 cm³/mol. The molecule has 154 valence electrons. The molecule has 3 nitrogen and oxygen atoms in total. The first-order valence-electron chi connectivity index (χ1n) is 9.56. The summed E-state index contributed by atoms with van der Waals surface area (Å²) in [5, 5.41) is 9.35. The molecule has 0 fully saturated rings. The van der Waals surface area contributed by atoms with Crippen molar-refractivity contribution in [3.8, 4) is 12.3 Å². The van der Waals surface area contributed by atoms with Gasteiger partial charge in [-0.3, -0.25) is 9.78 Å². The van der Waals surface area contributed by atoms with E-state index in [1.165, 1.54) is 12.5 Å². The molecule has 2 aromatic rings. The Balaban J connectivity index is 0. The lowest BCUT2D eigenvalue weighted by Crippen LogP contribution is -2.35. The van der Waals surface area contributed by atoms with Gasteiger partial charge in [0.25, 0.3) is 0 Å². The number of Topliss-reactive ketones (excluding diaryl/α,β-unsaturated/α-hetero) is 1. The van der Waals surface area contributed by atoms with E-state index in [2.05, 4.69) is 10.9 Å². The molecule has 0 spiro atoms. The zero-order valence-electron chi connectivity index (χ0n) is 19.0. The highest BCUT2D eigenvalue weighted by Gasteiger charge is 2.29. The van der Waals surface area contributed by atoms with Crippen LogP contribution >= 0.6 is 0 Å². The summed E-state index contributed by atoms with van der Waals surface area (Å²) in [6.45, 7) is 17.2. The van der Waals surface area contributed by atoms with Crippen molar-refractivity contribution in [1.29, 1.82) is 0 Å². The maximum absolute atomic E-state index is 10.6. The lowest BCUT2D eigenvalue weighted by atomic mass is 9.79. The maximum Gasteiger partial charge on any atom is 0.178 e. The molecule has 0 aliphatic carbocycles. The third-order valence-electron chi connectivity index (χ3n) is 4.05. The number of aliphatic hydroxyl groups is 1. The van der Waals surface area contributed by atoms with Crippen molar-refractivity contribution in [2.45, 2.75) is 67.9 Å². The molecule has 0 saturated carbocycles. The van der Waals surface area contributed by atoms with Gasteiger partial charge in [0, 0.05) is 18.7 Å². The van der Waals surface area contributed by atoms with E-state index in [9.17, 15) is 9.90 Å². The van der Waals surface area contributed by atoms with Crippen molar-refractivity contribution in [2.24, 2.45) is 5.41 Å². The molecule has 0 amide bonds. The molecule has 0 atom stereocenters. The van der Waals surface area contributed by atoms with E-state index < -0.39 is 5.60 Å². The second kappa shape index (κ2) is 13.7. The summed E-state index contributed by atoms with van der Waals surface area (Å²) in [7, 11) is 0. The van der Waals surface area contributed by atoms with Crippen molar-refractivity contribution < 1.29 is 9.90 Å². The summed E-state index contributed by atoms with van der Waals surface area (Å²) in [5.74, 6) is 2.58. The smallest absolute Gasteiger partial charge is 0.178 e. The molecule has 3 heteroatoms. The van der Waals surface area contributed by atoms with Gasteiger partial charge in [-0.2, -0.15) is 0 Å². The van der Waals surface area contributed by atoms with E-state index in [-0.39, 0.29) is 11.2 Å². The van der Waals surface area contributed by atoms with Crippen LogP contribution in [0.15, 0.2) is 48.7 Å². The summed E-state index contributed by atoms with van der Waals surface area (Å²) in [4.78, 5) is 14.4. The fourth-order valence-electron chi connectivity index (χ4n) is 1.31. The molecule has 0 radical (unpaired) electrons. The van der Waals surface area contributed by atoms with Crippen LogP contribution in [-0.2, 0) is 0 Å². The lowest BCUT2D eigenvalue weighted by Gasteiger charge is -2.33. The molecule has 1 aromatic carbocycles. The molecule has 0 saturated heterocycles. The largest absolute Gasteiger partial charge is 0.390 e. The minimum Gasteiger partial charge on any atom is -0.390 e. The van der Waals surface area contributed by atoms with Gasteiger partial charge in [0.2, 0.25) is 0 Å². The van der Waals surface area contributed by atoms with E-state index in [1.54, 1.807) is 24.4 Å². The van der Waals surface area contributed by atoms with Crippen LogP contribution in [0.25, 0.3) is 0 Å². The Bertz CT molecular complexity index is 703. The number of aryl methyl sites for hydroxylation is 1. The van der Waals surface area contributed by atoms with Gasteiger partial charge < -0.3 is 5.11 Å². The van der Waals surface area contributed by atoms with E-state index in [1.807, 2.05) is 79.7 Å². The van der Waals surface area contributed by atoms with Gasteiger partial charge in [-0.25, -0.2) is 0 Å². The minimum atomic E-state index is -0.562. The van der Waals surface area contributed by atoms with Gasteiger partial charge in [-0.1, -0.05) is 58.7 Å². The average Bonchev–Trinajstić information content (AvgIpc) is 2.63. The van der Waals surface area contributed by atoms with Gasteiger partial charge in [0.05, 0.1) is 5.60 Å². The lowest BCUT2D eigenvalue weighted by molar-refractivity contribution is -0.0238. The fourth-order valence-corrected chi connectivity index (χ4v) is 1.31. The first-order valence-corrected chi connectivity index (χ1v) is 9.56. The topological polar surface area (TPSA) is 50.2 Å². The van der Waals surface area contributed by atoms with Gasteiger partial charge >= 0.3 is 0 Å². The monoisotopic (exact) mass is 383 g/mol. The number of pyridine rings is 1. The van der Waals surface area contributed by atoms with Gasteiger partial charge in [0.1, 0.15) is 5.69 Å². The number of rotatable bonds is 1. The SMILES string of the molecule is C#Cc1cccc(C)c1.CC.CC(=O)c1ccccn1.CC(C)(C)C(C)(C)O. The van der Waals surface area contributed by atoms with Crippen LogP contribution in [0.5, 0.6) is 0 Å².